The minimum absolute atomic E-state index is 0.340. The molecule has 5 nitrogen and oxygen atoms in total. The zero-order chi connectivity index (χ0) is 15.3. The van der Waals surface area contributed by atoms with E-state index in [9.17, 15) is 9.18 Å². The Hall–Kier alpha value is -3.02. The molecule has 0 fully saturated rings. The van der Waals surface area contributed by atoms with Crippen molar-refractivity contribution in [3.05, 3.63) is 70.7 Å². The molecule has 4 rings (SSSR count). The second-order valence-corrected chi connectivity index (χ2v) is 5.15. The van der Waals surface area contributed by atoms with Gasteiger partial charge < -0.3 is 4.40 Å². The fourth-order valence-electron chi connectivity index (χ4n) is 2.43. The van der Waals surface area contributed by atoms with Crippen LogP contribution in [0, 0.1) is 12.7 Å². The second-order valence-electron chi connectivity index (χ2n) is 5.15. The van der Waals surface area contributed by atoms with Gasteiger partial charge in [0.1, 0.15) is 22.8 Å². The van der Waals surface area contributed by atoms with Crippen molar-refractivity contribution >= 4 is 11.3 Å². The molecule has 0 unspecified atom stereocenters. The summed E-state index contributed by atoms with van der Waals surface area (Å²) in [6, 6.07) is 7.99. The van der Waals surface area contributed by atoms with Gasteiger partial charge in [0.2, 0.25) is 0 Å². The molecule has 6 heteroatoms. The van der Waals surface area contributed by atoms with Crippen LogP contribution in [0.3, 0.4) is 0 Å². The van der Waals surface area contributed by atoms with E-state index >= 15 is 0 Å². The van der Waals surface area contributed by atoms with Crippen LogP contribution in [0.2, 0.25) is 0 Å². The maximum atomic E-state index is 13.2. The van der Waals surface area contributed by atoms with Gasteiger partial charge in [-0.3, -0.25) is 9.20 Å². The lowest BCUT2D eigenvalue weighted by Crippen LogP contribution is -2.14. The Balaban J connectivity index is 1.95. The third kappa shape index (κ3) is 1.96. The van der Waals surface area contributed by atoms with Gasteiger partial charge in [0, 0.05) is 24.7 Å². The maximum absolute atomic E-state index is 13.2. The van der Waals surface area contributed by atoms with Gasteiger partial charge in [0.05, 0.1) is 5.69 Å². The maximum Gasteiger partial charge on any atom is 0.258 e. The first-order valence-electron chi connectivity index (χ1n) is 6.75. The van der Waals surface area contributed by atoms with Crippen LogP contribution in [0.15, 0.2) is 53.7 Å². The molecule has 0 radical (unpaired) electrons. The molecule has 4 aromatic rings. The fraction of sp³-hybridized carbons (Fsp3) is 0.0625. The third-order valence-corrected chi connectivity index (χ3v) is 3.48. The fourth-order valence-corrected chi connectivity index (χ4v) is 2.43. The molecule has 0 aromatic carbocycles. The summed E-state index contributed by atoms with van der Waals surface area (Å²) < 4.78 is 16.3. The first-order valence-corrected chi connectivity index (χ1v) is 6.75. The van der Waals surface area contributed by atoms with Crippen molar-refractivity contribution in [1.29, 1.82) is 0 Å². The molecule has 22 heavy (non-hydrogen) atoms. The van der Waals surface area contributed by atoms with Crippen LogP contribution in [-0.4, -0.2) is 18.8 Å². The Labute approximate surface area is 124 Å². The monoisotopic (exact) mass is 294 g/mol. The van der Waals surface area contributed by atoms with Gasteiger partial charge in [0.15, 0.2) is 0 Å². The van der Waals surface area contributed by atoms with Crippen molar-refractivity contribution in [3.8, 4) is 11.4 Å². The van der Waals surface area contributed by atoms with E-state index in [1.165, 1.54) is 22.6 Å². The number of pyridine rings is 2. The highest BCUT2D eigenvalue weighted by molar-refractivity contribution is 5.61. The number of aromatic nitrogens is 4. The molecule has 0 aliphatic rings. The van der Waals surface area contributed by atoms with Crippen LogP contribution < -0.4 is 5.56 Å². The average molecular weight is 294 g/mol. The largest absolute Gasteiger partial charge is 0.306 e. The second kappa shape index (κ2) is 4.49. The Morgan fingerprint density at radius 3 is 2.59 bits per heavy atom. The quantitative estimate of drug-likeness (QED) is 0.542. The molecule has 0 N–H and O–H groups in total. The van der Waals surface area contributed by atoms with E-state index in [0.717, 1.165) is 17.4 Å². The van der Waals surface area contributed by atoms with Gasteiger partial charge in [-0.2, -0.15) is 0 Å². The smallest absolute Gasteiger partial charge is 0.258 e. The van der Waals surface area contributed by atoms with Crippen molar-refractivity contribution in [2.24, 2.45) is 0 Å². The SMILES string of the molecule is Cc1ccc2nc(-c3cc(=O)n4cc(F)ccc4n3)cn2c1. The van der Waals surface area contributed by atoms with Crippen LogP contribution in [0.25, 0.3) is 22.7 Å². The van der Waals surface area contributed by atoms with E-state index in [4.69, 9.17) is 0 Å². The molecular formula is C16H11FN4O. The van der Waals surface area contributed by atoms with E-state index in [1.54, 1.807) is 0 Å². The molecule has 0 atom stereocenters. The number of nitrogens with zero attached hydrogens (tertiary/aromatic N) is 4. The summed E-state index contributed by atoms with van der Waals surface area (Å²) in [7, 11) is 0. The number of aryl methyl sites for hydroxylation is 1. The molecule has 0 saturated carbocycles. The number of fused-ring (bicyclic) bond motifs is 2. The van der Waals surface area contributed by atoms with Gasteiger partial charge >= 0.3 is 0 Å². The van der Waals surface area contributed by atoms with E-state index in [0.29, 0.717) is 17.0 Å². The zero-order valence-electron chi connectivity index (χ0n) is 11.7. The third-order valence-electron chi connectivity index (χ3n) is 3.48. The van der Waals surface area contributed by atoms with E-state index < -0.39 is 5.82 Å². The number of imidazole rings is 1. The highest BCUT2D eigenvalue weighted by Gasteiger charge is 2.09. The standard InChI is InChI=1S/C16H11FN4O/c1-10-2-4-14-19-13(9-20(14)7-10)12-6-16(22)21-8-11(17)3-5-15(21)18-12/h2-9H,1H3. The van der Waals surface area contributed by atoms with Gasteiger partial charge in [-0.25, -0.2) is 14.4 Å². The minimum Gasteiger partial charge on any atom is -0.306 e. The van der Waals surface area contributed by atoms with Gasteiger partial charge in [-0.1, -0.05) is 6.07 Å². The molecule has 0 aliphatic carbocycles. The molecule has 0 spiro atoms. The number of hydrogen-bond donors (Lipinski definition) is 0. The van der Waals surface area contributed by atoms with Gasteiger partial charge in [-0.05, 0) is 30.7 Å². The molecule has 108 valence electrons. The molecule has 0 bridgehead atoms. The zero-order valence-corrected chi connectivity index (χ0v) is 11.7. The summed E-state index contributed by atoms with van der Waals surface area (Å²) >= 11 is 0. The molecule has 4 heterocycles. The number of rotatable bonds is 1. The van der Waals surface area contributed by atoms with Crippen LogP contribution in [0.5, 0.6) is 0 Å². The minimum atomic E-state index is -0.479. The lowest BCUT2D eigenvalue weighted by Gasteiger charge is -2.01. The molecular weight excluding hydrogens is 283 g/mol. The summed E-state index contributed by atoms with van der Waals surface area (Å²) in [4.78, 5) is 21.0. The summed E-state index contributed by atoms with van der Waals surface area (Å²) in [6.07, 6.45) is 4.90. The summed E-state index contributed by atoms with van der Waals surface area (Å²) in [5, 5.41) is 0. The molecule has 0 aliphatic heterocycles. The normalized spacial score (nSPS) is 11.4. The van der Waals surface area contributed by atoms with Crippen LogP contribution >= 0.6 is 0 Å². The highest BCUT2D eigenvalue weighted by atomic mass is 19.1. The van der Waals surface area contributed by atoms with Crippen molar-refractivity contribution in [1.82, 2.24) is 18.8 Å². The van der Waals surface area contributed by atoms with Crippen LogP contribution in [0.4, 0.5) is 4.39 Å². The Kier molecular flexibility index (Phi) is 2.59. The van der Waals surface area contributed by atoms with E-state index in [1.807, 2.05) is 35.9 Å². The Morgan fingerprint density at radius 2 is 1.73 bits per heavy atom. The first kappa shape index (κ1) is 12.7. The van der Waals surface area contributed by atoms with Crippen molar-refractivity contribution in [3.63, 3.8) is 0 Å². The van der Waals surface area contributed by atoms with Crippen LogP contribution in [0.1, 0.15) is 5.56 Å². The number of halogens is 1. The lowest BCUT2D eigenvalue weighted by molar-refractivity contribution is 0.617. The number of hydrogen-bond acceptors (Lipinski definition) is 3. The van der Waals surface area contributed by atoms with Crippen molar-refractivity contribution < 1.29 is 4.39 Å². The topological polar surface area (TPSA) is 51.7 Å². The van der Waals surface area contributed by atoms with Crippen molar-refractivity contribution in [2.75, 3.05) is 0 Å². The van der Waals surface area contributed by atoms with Crippen LogP contribution in [-0.2, 0) is 0 Å². The molecule has 0 saturated heterocycles. The Bertz CT molecular complexity index is 1080. The first-order chi connectivity index (χ1) is 10.6. The predicted molar refractivity (Wildman–Crippen MR) is 80.3 cm³/mol. The predicted octanol–water partition coefficient (Wildman–Crippen LogP) is 2.46. The Morgan fingerprint density at radius 1 is 0.955 bits per heavy atom. The molecule has 0 amide bonds. The average Bonchev–Trinajstić information content (AvgIpc) is 2.91. The highest BCUT2D eigenvalue weighted by Crippen LogP contribution is 2.17. The summed E-state index contributed by atoms with van der Waals surface area (Å²) in [5.74, 6) is -0.479. The van der Waals surface area contributed by atoms with Gasteiger partial charge in [0.25, 0.3) is 5.56 Å². The van der Waals surface area contributed by atoms with Crippen molar-refractivity contribution in [2.45, 2.75) is 6.92 Å². The summed E-state index contributed by atoms with van der Waals surface area (Å²) in [5.41, 5.74) is 3.01. The van der Waals surface area contributed by atoms with E-state index in [-0.39, 0.29) is 5.56 Å². The summed E-state index contributed by atoms with van der Waals surface area (Å²) in [6.45, 7) is 1.99. The molecule has 4 aromatic heterocycles. The van der Waals surface area contributed by atoms with E-state index in [2.05, 4.69) is 9.97 Å². The lowest BCUT2D eigenvalue weighted by atomic mass is 10.3. The van der Waals surface area contributed by atoms with Gasteiger partial charge in [-0.15, -0.1) is 0 Å².